The third-order valence-electron chi connectivity index (χ3n) is 8.25. The third-order valence-corrected chi connectivity index (χ3v) is 8.25. The summed E-state index contributed by atoms with van der Waals surface area (Å²) < 4.78 is 0. The molecular formula is C31H44N2O. The van der Waals surface area contributed by atoms with Gasteiger partial charge >= 0.3 is 0 Å². The minimum Gasteiger partial charge on any atom is -0.396 e. The zero-order chi connectivity index (χ0) is 25.1. The van der Waals surface area contributed by atoms with Crippen molar-refractivity contribution in [2.45, 2.75) is 79.1 Å². The second-order valence-corrected chi connectivity index (χ2v) is 10.7. The fraction of sp³-hybridized carbons (Fsp3) is 0.516. The molecule has 184 valence electrons. The highest BCUT2D eigenvalue weighted by atomic mass is 16.3. The highest BCUT2D eigenvalue weighted by molar-refractivity contribution is 5.79. The largest absolute Gasteiger partial charge is 0.396 e. The minimum atomic E-state index is 0.0719. The van der Waals surface area contributed by atoms with Gasteiger partial charge in [-0.1, -0.05) is 104 Å². The standard InChI is InChI=1S/C16H20N2.C13H18O.C2H6/c1-10(2)16(11(3)4)14-8-6-5-7-12(14)13-9-17-18-15(13)16;1-13(2)11(9-14)8-7-10-5-3-4-6-12(10)13;1-2/h5-11H,1-4H3,(H,17,18);3-6,11,14H,7-9H2,1-2H3;1-2H3. The number of aliphatic hydroxyl groups is 1. The van der Waals surface area contributed by atoms with Crippen LogP contribution >= 0.6 is 0 Å². The van der Waals surface area contributed by atoms with Crippen LogP contribution in [0, 0.1) is 17.8 Å². The summed E-state index contributed by atoms with van der Waals surface area (Å²) in [5, 5.41) is 16.9. The smallest absolute Gasteiger partial charge is 0.0569 e. The van der Waals surface area contributed by atoms with E-state index in [2.05, 4.69) is 100 Å². The molecule has 34 heavy (non-hydrogen) atoms. The monoisotopic (exact) mass is 460 g/mol. The van der Waals surface area contributed by atoms with Gasteiger partial charge in [-0.3, -0.25) is 5.10 Å². The van der Waals surface area contributed by atoms with Crippen molar-refractivity contribution in [3.8, 4) is 11.1 Å². The van der Waals surface area contributed by atoms with Crippen LogP contribution in [0.2, 0.25) is 0 Å². The molecule has 0 fully saturated rings. The number of H-pyrrole nitrogens is 1. The van der Waals surface area contributed by atoms with Crippen LogP contribution in [0.25, 0.3) is 11.1 Å². The van der Waals surface area contributed by atoms with E-state index in [0.29, 0.717) is 24.4 Å². The Hall–Kier alpha value is -2.39. The van der Waals surface area contributed by atoms with Crippen molar-refractivity contribution in [3.63, 3.8) is 0 Å². The lowest BCUT2D eigenvalue weighted by Crippen LogP contribution is -2.37. The summed E-state index contributed by atoms with van der Waals surface area (Å²) in [4.78, 5) is 0. The van der Waals surface area contributed by atoms with Crippen molar-refractivity contribution in [1.82, 2.24) is 10.2 Å². The number of hydrogen-bond acceptors (Lipinski definition) is 2. The first-order chi connectivity index (χ1) is 16.3. The Labute approximate surface area is 207 Å². The molecule has 3 nitrogen and oxygen atoms in total. The van der Waals surface area contributed by atoms with Crippen molar-refractivity contribution in [2.24, 2.45) is 17.8 Å². The molecule has 0 bridgehead atoms. The molecule has 2 aliphatic rings. The van der Waals surface area contributed by atoms with E-state index in [9.17, 15) is 5.11 Å². The number of aromatic amines is 1. The van der Waals surface area contributed by atoms with E-state index in [1.54, 1.807) is 0 Å². The van der Waals surface area contributed by atoms with Crippen molar-refractivity contribution < 1.29 is 5.11 Å². The second kappa shape index (κ2) is 10.5. The van der Waals surface area contributed by atoms with Crippen molar-refractivity contribution in [3.05, 3.63) is 77.1 Å². The fourth-order valence-electron chi connectivity index (χ4n) is 6.48. The SMILES string of the molecule is CC.CC(C)C1(C(C)C)c2ccccc2-c2cn[nH]c21.CC1(C)c2ccccc2CCC1CO. The highest BCUT2D eigenvalue weighted by Crippen LogP contribution is 2.55. The lowest BCUT2D eigenvalue weighted by Gasteiger charge is -2.39. The van der Waals surface area contributed by atoms with Crippen molar-refractivity contribution in [1.29, 1.82) is 0 Å². The molecule has 0 amide bonds. The van der Waals surface area contributed by atoms with E-state index in [-0.39, 0.29) is 10.8 Å². The van der Waals surface area contributed by atoms with Crippen LogP contribution in [0.5, 0.6) is 0 Å². The summed E-state index contributed by atoms with van der Waals surface area (Å²) >= 11 is 0. The maximum Gasteiger partial charge on any atom is 0.0569 e. The Morgan fingerprint density at radius 3 is 2.12 bits per heavy atom. The first kappa shape index (κ1) is 26.2. The molecule has 0 saturated carbocycles. The maximum absolute atomic E-state index is 9.35. The number of aromatic nitrogens is 2. The molecule has 1 atom stereocenters. The van der Waals surface area contributed by atoms with Gasteiger partial charge in [0, 0.05) is 17.6 Å². The quantitative estimate of drug-likeness (QED) is 0.424. The average molecular weight is 461 g/mol. The predicted octanol–water partition coefficient (Wildman–Crippen LogP) is 7.53. The molecule has 5 rings (SSSR count). The van der Waals surface area contributed by atoms with Gasteiger partial charge in [-0.25, -0.2) is 0 Å². The summed E-state index contributed by atoms with van der Waals surface area (Å²) in [5.41, 5.74) is 8.47. The zero-order valence-corrected chi connectivity index (χ0v) is 22.4. The molecule has 3 aromatic rings. The number of nitrogens with zero attached hydrogens (tertiary/aromatic N) is 1. The van der Waals surface area contributed by atoms with Crippen LogP contribution in [-0.4, -0.2) is 21.9 Å². The van der Waals surface area contributed by atoms with Gasteiger partial charge in [0.15, 0.2) is 0 Å². The summed E-state index contributed by atoms with van der Waals surface area (Å²) in [6.45, 7) is 18.0. The summed E-state index contributed by atoms with van der Waals surface area (Å²) in [5.74, 6) is 1.50. The number of nitrogens with one attached hydrogen (secondary N) is 1. The molecule has 0 saturated heterocycles. The first-order valence-electron chi connectivity index (χ1n) is 13.1. The molecule has 2 aliphatic carbocycles. The van der Waals surface area contributed by atoms with E-state index in [4.69, 9.17) is 0 Å². The number of aryl methyl sites for hydroxylation is 1. The first-order valence-corrected chi connectivity index (χ1v) is 13.1. The van der Waals surface area contributed by atoms with Crippen LogP contribution < -0.4 is 0 Å². The molecule has 2 aromatic carbocycles. The van der Waals surface area contributed by atoms with Crippen molar-refractivity contribution >= 4 is 0 Å². The van der Waals surface area contributed by atoms with Gasteiger partial charge < -0.3 is 5.11 Å². The molecule has 1 heterocycles. The van der Waals surface area contributed by atoms with Crippen LogP contribution in [0.15, 0.2) is 54.7 Å². The van der Waals surface area contributed by atoms with Gasteiger partial charge in [0.1, 0.15) is 0 Å². The van der Waals surface area contributed by atoms with E-state index < -0.39 is 0 Å². The Bertz CT molecular complexity index is 1070. The van der Waals surface area contributed by atoms with Crippen LogP contribution in [0.4, 0.5) is 0 Å². The molecule has 3 heteroatoms. The lowest BCUT2D eigenvalue weighted by molar-refractivity contribution is 0.150. The maximum atomic E-state index is 9.35. The fourth-order valence-corrected chi connectivity index (χ4v) is 6.48. The summed E-state index contributed by atoms with van der Waals surface area (Å²) in [7, 11) is 0. The Morgan fingerprint density at radius 1 is 0.912 bits per heavy atom. The van der Waals surface area contributed by atoms with Crippen LogP contribution in [-0.2, 0) is 17.3 Å². The molecule has 0 spiro atoms. The van der Waals surface area contributed by atoms with Gasteiger partial charge in [0.25, 0.3) is 0 Å². The van der Waals surface area contributed by atoms with Crippen LogP contribution in [0.1, 0.15) is 84.2 Å². The summed E-state index contributed by atoms with van der Waals surface area (Å²) in [6.07, 6.45) is 4.20. The minimum absolute atomic E-state index is 0.0719. The molecule has 1 unspecified atom stereocenters. The average Bonchev–Trinajstić information content (AvgIpc) is 3.41. The van der Waals surface area contributed by atoms with Crippen molar-refractivity contribution in [2.75, 3.05) is 6.61 Å². The number of rotatable bonds is 3. The number of fused-ring (bicyclic) bond motifs is 4. The molecule has 0 aliphatic heterocycles. The Morgan fingerprint density at radius 2 is 1.50 bits per heavy atom. The molecule has 2 N–H and O–H groups in total. The van der Waals surface area contributed by atoms with E-state index >= 15 is 0 Å². The Balaban J connectivity index is 0.000000183. The molecule has 0 radical (unpaired) electrons. The van der Waals surface area contributed by atoms with Gasteiger partial charge in [0.2, 0.25) is 0 Å². The second-order valence-electron chi connectivity index (χ2n) is 10.7. The summed E-state index contributed by atoms with van der Waals surface area (Å²) in [6, 6.07) is 17.4. The predicted molar refractivity (Wildman–Crippen MR) is 144 cm³/mol. The van der Waals surface area contributed by atoms with Crippen LogP contribution in [0.3, 0.4) is 0 Å². The van der Waals surface area contributed by atoms with Gasteiger partial charge in [-0.2, -0.15) is 5.10 Å². The molecule has 1 aromatic heterocycles. The van der Waals surface area contributed by atoms with E-state index in [1.807, 2.05) is 20.0 Å². The number of benzene rings is 2. The third kappa shape index (κ3) is 4.13. The highest BCUT2D eigenvalue weighted by Gasteiger charge is 2.49. The van der Waals surface area contributed by atoms with Gasteiger partial charge in [-0.15, -0.1) is 0 Å². The molecular weight excluding hydrogens is 416 g/mol. The lowest BCUT2D eigenvalue weighted by atomic mass is 9.64. The zero-order valence-electron chi connectivity index (χ0n) is 22.4. The number of aliphatic hydroxyl groups excluding tert-OH is 1. The van der Waals surface area contributed by atoms with E-state index in [0.717, 1.165) is 12.8 Å². The Kier molecular flexibility index (Phi) is 8.08. The van der Waals surface area contributed by atoms with Gasteiger partial charge in [-0.05, 0) is 58.3 Å². The topological polar surface area (TPSA) is 48.9 Å². The normalized spacial score (nSPS) is 18.7. The van der Waals surface area contributed by atoms with E-state index in [1.165, 1.54) is 33.5 Å². The number of hydrogen-bond donors (Lipinski definition) is 2. The van der Waals surface area contributed by atoms with Gasteiger partial charge in [0.05, 0.1) is 11.9 Å².